The van der Waals surface area contributed by atoms with Gasteiger partial charge in [0.15, 0.2) is 7.28 Å². The third-order valence-corrected chi connectivity index (χ3v) is 20.2. The Hall–Kier alpha value is -6.00. The molecule has 0 saturated carbocycles. The monoisotopic (exact) mass is 973 g/mol. The molecule has 0 bridgehead atoms. The normalized spacial score (nSPS) is 20.3. The van der Waals surface area contributed by atoms with Gasteiger partial charge in [-0.1, -0.05) is 157 Å². The number of aryl methyl sites for hydroxylation is 1. The van der Waals surface area contributed by atoms with E-state index in [2.05, 4.69) is 223 Å². The largest absolute Gasteiger partial charge is 0.456 e. The Morgan fingerprint density at radius 3 is 1.66 bits per heavy atom. The molecule has 1 N–H and O–H groups in total. The fourth-order valence-corrected chi connectivity index (χ4v) is 15.0. The summed E-state index contributed by atoms with van der Waals surface area (Å²) in [6.45, 7) is 36.9. The molecule has 3 nitrogen and oxygen atoms in total. The molecule has 1 aromatic heterocycles. The lowest BCUT2D eigenvalue weighted by Gasteiger charge is -2.44. The summed E-state index contributed by atoms with van der Waals surface area (Å²) in [5.74, 6) is 0. The lowest BCUT2D eigenvalue weighted by molar-refractivity contribution is 0.332. The lowest BCUT2D eigenvalue weighted by Crippen LogP contribution is -2.42. The first kappa shape index (κ1) is 47.7. The van der Waals surface area contributed by atoms with Crippen LogP contribution in [0.4, 0.5) is 28.4 Å². The molecule has 0 unspecified atom stereocenters. The average Bonchev–Trinajstić information content (AvgIpc) is 3.84. The van der Waals surface area contributed by atoms with Crippen LogP contribution in [0.2, 0.25) is 0 Å². The van der Waals surface area contributed by atoms with E-state index in [1.54, 1.807) is 0 Å². The molecule has 0 atom stereocenters. The summed E-state index contributed by atoms with van der Waals surface area (Å²) in [5.41, 5.74) is 29.3. The molecule has 2 heterocycles. The second-order valence-electron chi connectivity index (χ2n) is 28.2. The molecule has 1 aliphatic heterocycles. The maximum atomic E-state index is 6.79. The first-order valence-electron chi connectivity index (χ1n) is 28.1. The molecule has 376 valence electrons. The van der Waals surface area contributed by atoms with Gasteiger partial charge in [-0.05, 0) is 205 Å². The number of nitrogens with zero attached hydrogens (tertiary/aromatic N) is 1. The smallest absolute Gasteiger partial charge is 0.198 e. The quantitative estimate of drug-likeness (QED) is 0.178. The van der Waals surface area contributed by atoms with Crippen LogP contribution >= 0.6 is 0 Å². The molecule has 0 amide bonds. The standard InChI is InChI=1S/C70H77BN2O/c1-40-32-48-52(69(12,13)31-28-65(48,4)5)37-56(40)73-57-35-44-42-20-17-19-23-59(42)74-60(44)39-54(57)71-63-58(73)38-53-61(43-21-16-18-22-46(43)70(53,14)15)62(63)45-34-50-51(68(10,11)30-29-67(50,8)9)36-55(45)72-41-24-25-47-49(33-41)66(6,7)27-26-64(47,2)3/h16-25,32-39,71-72H,26-31H2,1-15H3. The number of nitrogens with one attached hydrogen (secondary N) is 1. The van der Waals surface area contributed by atoms with Crippen molar-refractivity contribution in [2.24, 2.45) is 0 Å². The summed E-state index contributed by atoms with van der Waals surface area (Å²) in [6, 6.07) is 43.2. The van der Waals surface area contributed by atoms with Crippen molar-refractivity contribution in [3.05, 3.63) is 159 Å². The minimum absolute atomic E-state index is 0.00110. The molecular formula is C70H77BN2O. The molecule has 13 rings (SSSR count). The Labute approximate surface area is 442 Å². The summed E-state index contributed by atoms with van der Waals surface area (Å²) in [4.78, 5) is 2.71. The third kappa shape index (κ3) is 6.84. The predicted molar refractivity (Wildman–Crippen MR) is 318 cm³/mol. The number of benzene rings is 7. The fraction of sp³-hybridized carbons (Fsp3) is 0.400. The topological polar surface area (TPSA) is 28.4 Å². The van der Waals surface area contributed by atoms with Crippen molar-refractivity contribution in [2.75, 3.05) is 10.2 Å². The van der Waals surface area contributed by atoms with E-state index < -0.39 is 0 Å². The van der Waals surface area contributed by atoms with E-state index in [4.69, 9.17) is 4.42 Å². The Kier molecular flexibility index (Phi) is 9.88. The first-order valence-corrected chi connectivity index (χ1v) is 28.1. The molecular weight excluding hydrogens is 896 g/mol. The predicted octanol–water partition coefficient (Wildman–Crippen LogP) is 17.8. The van der Waals surface area contributed by atoms with Crippen LogP contribution in [0, 0.1) is 6.92 Å². The van der Waals surface area contributed by atoms with Crippen molar-refractivity contribution in [2.45, 2.75) is 180 Å². The second-order valence-corrected chi connectivity index (χ2v) is 28.2. The van der Waals surface area contributed by atoms with E-state index in [0.717, 1.165) is 43.1 Å². The van der Waals surface area contributed by atoms with E-state index in [0.29, 0.717) is 0 Å². The van der Waals surface area contributed by atoms with Gasteiger partial charge in [-0.15, -0.1) is 0 Å². The van der Waals surface area contributed by atoms with E-state index in [-0.39, 0.29) is 37.9 Å². The van der Waals surface area contributed by atoms with E-state index in [1.807, 2.05) is 0 Å². The second kappa shape index (κ2) is 15.3. The van der Waals surface area contributed by atoms with Crippen LogP contribution < -0.4 is 21.1 Å². The highest BCUT2D eigenvalue weighted by molar-refractivity contribution is 6.74. The van der Waals surface area contributed by atoms with Crippen molar-refractivity contribution in [1.29, 1.82) is 0 Å². The van der Waals surface area contributed by atoms with Gasteiger partial charge in [0.2, 0.25) is 0 Å². The summed E-state index contributed by atoms with van der Waals surface area (Å²) in [7, 11) is 0.773. The van der Waals surface area contributed by atoms with Gasteiger partial charge < -0.3 is 14.6 Å². The molecule has 74 heavy (non-hydrogen) atoms. The zero-order valence-electron chi connectivity index (χ0n) is 47.2. The number of hydrogen-bond acceptors (Lipinski definition) is 3. The van der Waals surface area contributed by atoms with Gasteiger partial charge in [0, 0.05) is 50.2 Å². The summed E-state index contributed by atoms with van der Waals surface area (Å²) in [5, 5.41) is 6.61. The fourth-order valence-electron chi connectivity index (χ4n) is 15.0. The van der Waals surface area contributed by atoms with Crippen LogP contribution in [0.1, 0.15) is 186 Å². The Balaban J connectivity index is 1.15. The molecule has 4 heteroatoms. The van der Waals surface area contributed by atoms with Crippen LogP contribution in [0.15, 0.2) is 114 Å². The number of furan rings is 1. The van der Waals surface area contributed by atoms with Crippen LogP contribution in [-0.4, -0.2) is 7.28 Å². The number of hydrogen-bond donors (Lipinski definition) is 1. The summed E-state index contributed by atoms with van der Waals surface area (Å²) < 4.78 is 6.79. The highest BCUT2D eigenvalue weighted by Crippen LogP contribution is 2.58. The molecule has 5 aliphatic rings. The minimum atomic E-state index is -0.247. The maximum absolute atomic E-state index is 6.79. The van der Waals surface area contributed by atoms with E-state index in [1.165, 1.54) is 136 Å². The number of anilines is 5. The highest BCUT2D eigenvalue weighted by atomic mass is 16.3. The molecule has 0 saturated heterocycles. The van der Waals surface area contributed by atoms with Gasteiger partial charge in [-0.25, -0.2) is 0 Å². The number of para-hydroxylation sites is 1. The summed E-state index contributed by atoms with van der Waals surface area (Å²) >= 11 is 0. The zero-order valence-corrected chi connectivity index (χ0v) is 47.2. The Morgan fingerprint density at radius 2 is 0.986 bits per heavy atom. The molecule has 0 fully saturated rings. The molecule has 8 aromatic rings. The van der Waals surface area contributed by atoms with E-state index >= 15 is 0 Å². The highest BCUT2D eigenvalue weighted by Gasteiger charge is 2.45. The maximum Gasteiger partial charge on any atom is 0.198 e. The SMILES string of the molecule is Cc1cc2c(cc1N1c3cc4c(cc3Bc3c1cc1c(c3-c3cc5c(cc3Nc3ccc6c(c3)C(C)(C)CCC6(C)C)C(C)(C)CCC5(C)C)-c3ccccc3C1(C)C)oc1ccccc14)C(C)(C)CCC2(C)C. The minimum Gasteiger partial charge on any atom is -0.456 e. The average molecular weight is 973 g/mol. The van der Waals surface area contributed by atoms with Crippen molar-refractivity contribution >= 4 is 68.6 Å². The van der Waals surface area contributed by atoms with Crippen molar-refractivity contribution in [3.8, 4) is 22.3 Å². The summed E-state index contributed by atoms with van der Waals surface area (Å²) in [6.07, 6.45) is 7.03. The molecule has 4 aliphatic carbocycles. The van der Waals surface area contributed by atoms with Gasteiger partial charge in [0.25, 0.3) is 0 Å². The van der Waals surface area contributed by atoms with Gasteiger partial charge in [0.1, 0.15) is 11.2 Å². The van der Waals surface area contributed by atoms with E-state index in [9.17, 15) is 0 Å². The van der Waals surface area contributed by atoms with Crippen LogP contribution in [0.3, 0.4) is 0 Å². The molecule has 0 spiro atoms. The van der Waals surface area contributed by atoms with Crippen LogP contribution in [0.25, 0.3) is 44.2 Å². The van der Waals surface area contributed by atoms with Crippen LogP contribution in [-0.2, 0) is 37.9 Å². The number of fused-ring (bicyclic) bond motifs is 11. The Bertz CT molecular complexity index is 3740. The third-order valence-electron chi connectivity index (χ3n) is 20.2. The van der Waals surface area contributed by atoms with Crippen LogP contribution in [0.5, 0.6) is 0 Å². The first-order chi connectivity index (χ1) is 34.8. The zero-order chi connectivity index (χ0) is 52.0. The van der Waals surface area contributed by atoms with Crippen molar-refractivity contribution < 1.29 is 4.42 Å². The number of rotatable bonds is 4. The Morgan fingerprint density at radius 1 is 0.432 bits per heavy atom. The van der Waals surface area contributed by atoms with Gasteiger partial charge >= 0.3 is 0 Å². The van der Waals surface area contributed by atoms with Crippen molar-refractivity contribution in [3.63, 3.8) is 0 Å². The van der Waals surface area contributed by atoms with Gasteiger partial charge in [-0.2, -0.15) is 0 Å². The molecule has 0 radical (unpaired) electrons. The van der Waals surface area contributed by atoms with Gasteiger partial charge in [-0.3, -0.25) is 0 Å². The molecule has 7 aromatic carbocycles. The van der Waals surface area contributed by atoms with Gasteiger partial charge in [0.05, 0.1) is 0 Å². The lowest BCUT2D eigenvalue weighted by atomic mass is 9.56. The van der Waals surface area contributed by atoms with Crippen molar-refractivity contribution in [1.82, 2.24) is 0 Å².